The highest BCUT2D eigenvalue weighted by atomic mass is 35.5. The molecule has 1 amide bonds. The minimum absolute atomic E-state index is 0. The Labute approximate surface area is 147 Å². The van der Waals surface area contributed by atoms with Crippen molar-refractivity contribution in [1.82, 2.24) is 20.4 Å². The van der Waals surface area contributed by atoms with Gasteiger partial charge in [-0.05, 0) is 12.1 Å². The molecule has 0 bridgehead atoms. The molecular formula is C16H23ClN4O3. The molecule has 0 aliphatic rings. The smallest absolute Gasteiger partial charge is 0.275 e. The van der Waals surface area contributed by atoms with Crippen LogP contribution in [0.2, 0.25) is 0 Å². The van der Waals surface area contributed by atoms with Gasteiger partial charge in [0.25, 0.3) is 5.91 Å². The molecule has 0 unspecified atom stereocenters. The summed E-state index contributed by atoms with van der Waals surface area (Å²) < 4.78 is 11.8. The van der Waals surface area contributed by atoms with E-state index >= 15 is 0 Å². The van der Waals surface area contributed by atoms with Crippen molar-refractivity contribution >= 4 is 18.3 Å². The van der Waals surface area contributed by atoms with Crippen LogP contribution in [0.3, 0.4) is 0 Å². The summed E-state index contributed by atoms with van der Waals surface area (Å²) in [5, 5.41) is 10.3. The van der Waals surface area contributed by atoms with Crippen LogP contribution in [0.25, 0.3) is 5.69 Å². The van der Waals surface area contributed by atoms with E-state index in [-0.39, 0.29) is 24.0 Å². The van der Waals surface area contributed by atoms with Gasteiger partial charge in [-0.3, -0.25) is 4.79 Å². The summed E-state index contributed by atoms with van der Waals surface area (Å²) in [4.78, 5) is 12.2. The largest absolute Gasteiger partial charge is 0.493 e. The average molecular weight is 355 g/mol. The van der Waals surface area contributed by atoms with E-state index in [1.54, 1.807) is 18.0 Å². The molecule has 0 fully saturated rings. The van der Waals surface area contributed by atoms with Gasteiger partial charge in [-0.1, -0.05) is 18.2 Å². The number of benzene rings is 1. The van der Waals surface area contributed by atoms with E-state index in [0.717, 1.165) is 12.2 Å². The van der Waals surface area contributed by atoms with Crippen LogP contribution in [0.4, 0.5) is 0 Å². The minimum Gasteiger partial charge on any atom is -0.493 e. The van der Waals surface area contributed by atoms with Gasteiger partial charge < -0.3 is 20.1 Å². The summed E-state index contributed by atoms with van der Waals surface area (Å²) in [7, 11) is 3.17. The molecule has 0 aliphatic heterocycles. The zero-order valence-corrected chi connectivity index (χ0v) is 14.6. The summed E-state index contributed by atoms with van der Waals surface area (Å²) in [5.74, 6) is 0.184. The number of amides is 1. The van der Waals surface area contributed by atoms with Gasteiger partial charge in [-0.25, -0.2) is 4.68 Å². The topological polar surface area (TPSA) is 77.4 Å². The summed E-state index contributed by atoms with van der Waals surface area (Å²) in [5.41, 5.74) is 1.14. The van der Waals surface area contributed by atoms with Crippen LogP contribution in [0.15, 0.2) is 36.5 Å². The zero-order valence-electron chi connectivity index (χ0n) is 13.8. The fourth-order valence-electron chi connectivity index (χ4n) is 2.03. The van der Waals surface area contributed by atoms with Crippen molar-refractivity contribution in [3.8, 4) is 11.4 Å². The van der Waals surface area contributed by atoms with Crippen molar-refractivity contribution in [1.29, 1.82) is 0 Å². The molecule has 8 heteroatoms. The Morgan fingerprint density at radius 3 is 2.58 bits per heavy atom. The van der Waals surface area contributed by atoms with E-state index in [2.05, 4.69) is 15.7 Å². The molecule has 1 aromatic carbocycles. The van der Waals surface area contributed by atoms with Gasteiger partial charge in [-0.15, -0.1) is 12.4 Å². The number of ether oxygens (including phenoxy) is 2. The second kappa shape index (κ2) is 10.6. The number of hydrogen-bond acceptors (Lipinski definition) is 5. The maximum Gasteiger partial charge on any atom is 0.275 e. The standard InChI is InChI=1S/C16H22N4O3.ClH/c1-22-11-10-17-8-9-18-16(21)15-14(23-2)12-20(19-15)13-6-4-3-5-7-13;/h3-7,12,17H,8-11H2,1-2H3,(H,18,21);1H. The van der Waals surface area contributed by atoms with Crippen molar-refractivity contribution < 1.29 is 14.3 Å². The van der Waals surface area contributed by atoms with Crippen LogP contribution in [0, 0.1) is 0 Å². The average Bonchev–Trinajstić information content (AvgIpc) is 3.03. The highest BCUT2D eigenvalue weighted by molar-refractivity contribution is 5.94. The fraction of sp³-hybridized carbons (Fsp3) is 0.375. The molecule has 0 spiro atoms. The van der Waals surface area contributed by atoms with Gasteiger partial charge in [0.2, 0.25) is 0 Å². The molecule has 1 aromatic heterocycles. The third-order valence-corrected chi connectivity index (χ3v) is 3.21. The first-order chi connectivity index (χ1) is 11.3. The Kier molecular flexibility index (Phi) is 8.85. The maximum absolute atomic E-state index is 12.2. The lowest BCUT2D eigenvalue weighted by Gasteiger charge is -2.06. The molecule has 0 radical (unpaired) electrons. The SMILES string of the molecule is COCCNCCNC(=O)c1nn(-c2ccccc2)cc1OC.Cl. The van der Waals surface area contributed by atoms with Crippen molar-refractivity contribution in [2.24, 2.45) is 0 Å². The number of nitrogens with one attached hydrogen (secondary N) is 2. The van der Waals surface area contributed by atoms with Crippen molar-refractivity contribution in [3.05, 3.63) is 42.2 Å². The first-order valence-electron chi connectivity index (χ1n) is 7.43. The number of hydrogen-bond donors (Lipinski definition) is 2. The molecule has 0 aliphatic carbocycles. The van der Waals surface area contributed by atoms with Crippen molar-refractivity contribution in [2.75, 3.05) is 40.5 Å². The summed E-state index contributed by atoms with van der Waals surface area (Å²) in [6.07, 6.45) is 1.70. The molecule has 0 atom stereocenters. The number of nitrogens with zero attached hydrogens (tertiary/aromatic N) is 2. The zero-order chi connectivity index (χ0) is 16.5. The number of carbonyl (C=O) groups is 1. The third kappa shape index (κ3) is 5.52. The number of methoxy groups -OCH3 is 2. The predicted octanol–water partition coefficient (Wildman–Crippen LogP) is 1.27. The second-order valence-corrected chi connectivity index (χ2v) is 4.82. The van der Waals surface area contributed by atoms with Crippen molar-refractivity contribution in [3.63, 3.8) is 0 Å². The van der Waals surface area contributed by atoms with E-state index < -0.39 is 0 Å². The molecular weight excluding hydrogens is 332 g/mol. The van der Waals surface area contributed by atoms with Crippen LogP contribution in [-0.4, -0.2) is 56.1 Å². The minimum atomic E-state index is -0.259. The number of rotatable bonds is 9. The Morgan fingerprint density at radius 2 is 1.92 bits per heavy atom. The molecule has 132 valence electrons. The van der Waals surface area contributed by atoms with Gasteiger partial charge in [-0.2, -0.15) is 5.10 Å². The van der Waals surface area contributed by atoms with E-state index in [1.165, 1.54) is 7.11 Å². The monoisotopic (exact) mass is 354 g/mol. The number of carbonyl (C=O) groups excluding carboxylic acids is 1. The Bertz CT molecular complexity index is 619. The molecule has 7 nitrogen and oxygen atoms in total. The maximum atomic E-state index is 12.2. The van der Waals surface area contributed by atoms with Gasteiger partial charge in [0.15, 0.2) is 11.4 Å². The second-order valence-electron chi connectivity index (χ2n) is 4.82. The van der Waals surface area contributed by atoms with Crippen LogP contribution in [0.5, 0.6) is 5.75 Å². The van der Waals surface area contributed by atoms with Gasteiger partial charge >= 0.3 is 0 Å². The van der Waals surface area contributed by atoms with Crippen LogP contribution >= 0.6 is 12.4 Å². The lowest BCUT2D eigenvalue weighted by Crippen LogP contribution is -2.33. The molecule has 24 heavy (non-hydrogen) atoms. The lowest BCUT2D eigenvalue weighted by atomic mass is 10.3. The molecule has 2 N–H and O–H groups in total. The molecule has 0 saturated heterocycles. The number of halogens is 1. The molecule has 1 heterocycles. The first kappa shape index (κ1) is 20.0. The van der Waals surface area contributed by atoms with Gasteiger partial charge in [0.1, 0.15) is 0 Å². The van der Waals surface area contributed by atoms with E-state index in [0.29, 0.717) is 25.4 Å². The summed E-state index contributed by atoms with van der Waals surface area (Å²) in [6, 6.07) is 9.57. The summed E-state index contributed by atoms with van der Waals surface area (Å²) in [6.45, 7) is 2.56. The van der Waals surface area contributed by atoms with E-state index in [1.807, 2.05) is 30.3 Å². The van der Waals surface area contributed by atoms with Crippen molar-refractivity contribution in [2.45, 2.75) is 0 Å². The van der Waals surface area contributed by atoms with E-state index in [4.69, 9.17) is 9.47 Å². The fourth-order valence-corrected chi connectivity index (χ4v) is 2.03. The Hall–Kier alpha value is -2.09. The highest BCUT2D eigenvalue weighted by Crippen LogP contribution is 2.19. The number of aromatic nitrogens is 2. The molecule has 2 aromatic rings. The molecule has 2 rings (SSSR count). The quantitative estimate of drug-likeness (QED) is 0.663. The van der Waals surface area contributed by atoms with Gasteiger partial charge in [0, 0.05) is 26.7 Å². The summed E-state index contributed by atoms with van der Waals surface area (Å²) >= 11 is 0. The predicted molar refractivity (Wildman–Crippen MR) is 94.4 cm³/mol. The first-order valence-corrected chi connectivity index (χ1v) is 7.43. The normalized spacial score (nSPS) is 10.1. The third-order valence-electron chi connectivity index (χ3n) is 3.21. The van der Waals surface area contributed by atoms with Crippen LogP contribution in [-0.2, 0) is 4.74 Å². The Balaban J connectivity index is 0.00000288. The van der Waals surface area contributed by atoms with Crippen LogP contribution in [0.1, 0.15) is 10.5 Å². The lowest BCUT2D eigenvalue weighted by molar-refractivity contribution is 0.0945. The van der Waals surface area contributed by atoms with Crippen LogP contribution < -0.4 is 15.4 Å². The Morgan fingerprint density at radius 1 is 1.17 bits per heavy atom. The number of para-hydroxylation sites is 1. The van der Waals surface area contributed by atoms with Gasteiger partial charge in [0.05, 0.1) is 25.6 Å². The highest BCUT2D eigenvalue weighted by Gasteiger charge is 2.17. The molecule has 0 saturated carbocycles. The van der Waals surface area contributed by atoms with E-state index in [9.17, 15) is 4.79 Å².